The summed E-state index contributed by atoms with van der Waals surface area (Å²) in [5.74, 6) is -1.90. The van der Waals surface area contributed by atoms with Crippen LogP contribution >= 0.6 is 11.6 Å². The second kappa shape index (κ2) is 6.71. The van der Waals surface area contributed by atoms with Crippen molar-refractivity contribution in [2.45, 2.75) is 6.92 Å². The van der Waals surface area contributed by atoms with Gasteiger partial charge in [0.1, 0.15) is 5.82 Å². The largest absolute Gasteiger partial charge is 0.504 e. The number of carboxylic acid groups (broad SMARTS) is 1. The van der Waals surface area contributed by atoms with Gasteiger partial charge in [0.2, 0.25) is 0 Å². The zero-order chi connectivity index (χ0) is 17.1. The Hall–Kier alpha value is -2.53. The quantitative estimate of drug-likeness (QED) is 0.651. The topological polar surface area (TPSA) is 66.8 Å². The number of aliphatic carboxylic acids is 1. The Bertz CT molecular complexity index is 799. The number of benzene rings is 2. The predicted octanol–water partition coefficient (Wildman–Crippen LogP) is 4.13. The first-order chi connectivity index (χ1) is 10.8. The number of hydrogen-bond acceptors (Lipinski definition) is 3. The van der Waals surface area contributed by atoms with Crippen molar-refractivity contribution in [1.29, 1.82) is 0 Å². The van der Waals surface area contributed by atoms with Crippen LogP contribution in [0.4, 0.5) is 4.39 Å². The molecule has 6 heteroatoms. The third-order valence-corrected chi connectivity index (χ3v) is 3.52. The Balaban J connectivity index is 2.62. The van der Waals surface area contributed by atoms with Gasteiger partial charge in [-0.15, -0.1) is 0 Å². The average molecular weight is 337 g/mol. The zero-order valence-electron chi connectivity index (χ0n) is 12.4. The summed E-state index contributed by atoms with van der Waals surface area (Å²) in [5, 5.41) is 19.8. The first-order valence-electron chi connectivity index (χ1n) is 6.61. The molecular weight excluding hydrogens is 323 g/mol. The van der Waals surface area contributed by atoms with Gasteiger partial charge in [-0.1, -0.05) is 23.7 Å². The van der Waals surface area contributed by atoms with Crippen LogP contribution in [0, 0.1) is 12.7 Å². The highest BCUT2D eigenvalue weighted by atomic mass is 35.5. The lowest BCUT2D eigenvalue weighted by Crippen LogP contribution is -2.01. The minimum Gasteiger partial charge on any atom is -0.504 e. The summed E-state index contributed by atoms with van der Waals surface area (Å²) in [6.45, 7) is 1.58. The number of halogens is 2. The molecule has 0 aliphatic rings. The van der Waals surface area contributed by atoms with Crippen LogP contribution in [-0.4, -0.2) is 23.3 Å². The second-order valence-electron chi connectivity index (χ2n) is 4.87. The third-order valence-electron chi connectivity index (χ3n) is 3.30. The summed E-state index contributed by atoms with van der Waals surface area (Å²) in [4.78, 5) is 11.5. The Morgan fingerprint density at radius 3 is 2.57 bits per heavy atom. The number of hydrogen-bond donors (Lipinski definition) is 2. The standard InChI is InChI=1S/C17H14ClFO4/c1-9-3-4-10(7-14(9)19)13(17(21)22)6-11-5-12(18)8-15(23-2)16(11)20/h3-8,20H,1-2H3,(H,21,22)/b13-6-. The molecule has 120 valence electrons. The van der Waals surface area contributed by atoms with Gasteiger partial charge in [-0.3, -0.25) is 0 Å². The van der Waals surface area contributed by atoms with Crippen molar-refractivity contribution in [2.75, 3.05) is 7.11 Å². The maximum absolute atomic E-state index is 13.7. The molecule has 0 heterocycles. The first-order valence-corrected chi connectivity index (χ1v) is 6.99. The van der Waals surface area contributed by atoms with E-state index in [2.05, 4.69) is 0 Å². The van der Waals surface area contributed by atoms with E-state index < -0.39 is 11.8 Å². The lowest BCUT2D eigenvalue weighted by Gasteiger charge is -2.09. The molecule has 0 aliphatic carbocycles. The molecule has 0 unspecified atom stereocenters. The van der Waals surface area contributed by atoms with Gasteiger partial charge < -0.3 is 14.9 Å². The van der Waals surface area contributed by atoms with Crippen molar-refractivity contribution in [3.05, 3.63) is 57.9 Å². The lowest BCUT2D eigenvalue weighted by molar-refractivity contribution is -0.130. The fraction of sp³-hybridized carbons (Fsp3) is 0.118. The van der Waals surface area contributed by atoms with E-state index in [4.69, 9.17) is 16.3 Å². The van der Waals surface area contributed by atoms with E-state index in [1.807, 2.05) is 0 Å². The molecule has 0 fully saturated rings. The summed E-state index contributed by atoms with van der Waals surface area (Å²) in [6, 6.07) is 6.91. The number of rotatable bonds is 4. The summed E-state index contributed by atoms with van der Waals surface area (Å²) in [6.07, 6.45) is 1.22. The van der Waals surface area contributed by atoms with E-state index in [1.54, 1.807) is 6.92 Å². The molecule has 0 aliphatic heterocycles. The number of ether oxygens (including phenoxy) is 1. The van der Waals surface area contributed by atoms with Crippen LogP contribution in [0.5, 0.6) is 11.5 Å². The smallest absolute Gasteiger partial charge is 0.336 e. The maximum Gasteiger partial charge on any atom is 0.336 e. The molecule has 2 rings (SSSR count). The van der Waals surface area contributed by atoms with Gasteiger partial charge >= 0.3 is 5.97 Å². The summed E-state index contributed by atoms with van der Waals surface area (Å²) >= 11 is 5.93. The van der Waals surface area contributed by atoms with Crippen LogP contribution < -0.4 is 4.74 Å². The van der Waals surface area contributed by atoms with E-state index in [0.29, 0.717) is 5.56 Å². The van der Waals surface area contributed by atoms with E-state index >= 15 is 0 Å². The molecule has 0 saturated carbocycles. The number of methoxy groups -OCH3 is 1. The highest BCUT2D eigenvalue weighted by molar-refractivity contribution is 6.31. The molecule has 0 amide bonds. The van der Waals surface area contributed by atoms with E-state index in [1.165, 1.54) is 37.5 Å². The lowest BCUT2D eigenvalue weighted by atomic mass is 10.0. The molecule has 2 aromatic carbocycles. The fourth-order valence-electron chi connectivity index (χ4n) is 2.04. The van der Waals surface area contributed by atoms with Crippen LogP contribution in [-0.2, 0) is 4.79 Å². The van der Waals surface area contributed by atoms with Gasteiger partial charge in [-0.2, -0.15) is 0 Å². The van der Waals surface area contributed by atoms with Crippen molar-refractivity contribution in [3.8, 4) is 11.5 Å². The molecule has 2 N–H and O–H groups in total. The van der Waals surface area contributed by atoms with Crippen LogP contribution in [0.2, 0.25) is 5.02 Å². The normalized spacial score (nSPS) is 11.4. The molecule has 0 radical (unpaired) electrons. The van der Waals surface area contributed by atoms with Gasteiger partial charge in [0.15, 0.2) is 11.5 Å². The van der Waals surface area contributed by atoms with Crippen molar-refractivity contribution >= 4 is 29.2 Å². The second-order valence-corrected chi connectivity index (χ2v) is 5.31. The van der Waals surface area contributed by atoms with Crippen molar-refractivity contribution < 1.29 is 24.1 Å². The Kier molecular flexibility index (Phi) is 4.91. The van der Waals surface area contributed by atoms with Crippen molar-refractivity contribution in [2.24, 2.45) is 0 Å². The molecule has 0 spiro atoms. The van der Waals surface area contributed by atoms with Gasteiger partial charge in [0.05, 0.1) is 12.7 Å². The molecule has 2 aromatic rings. The van der Waals surface area contributed by atoms with Crippen LogP contribution in [0.15, 0.2) is 30.3 Å². The zero-order valence-corrected chi connectivity index (χ0v) is 13.2. The van der Waals surface area contributed by atoms with Gasteiger partial charge in [-0.05, 0) is 36.3 Å². The molecule has 0 saturated heterocycles. The number of phenols is 1. The average Bonchev–Trinajstić information content (AvgIpc) is 2.50. The van der Waals surface area contributed by atoms with E-state index in [0.717, 1.165) is 6.07 Å². The Morgan fingerprint density at radius 2 is 2.00 bits per heavy atom. The summed E-state index contributed by atoms with van der Waals surface area (Å²) < 4.78 is 18.7. The van der Waals surface area contributed by atoms with Crippen LogP contribution in [0.3, 0.4) is 0 Å². The van der Waals surface area contributed by atoms with Crippen molar-refractivity contribution in [1.82, 2.24) is 0 Å². The molecule has 0 bridgehead atoms. The monoisotopic (exact) mass is 336 g/mol. The molecule has 4 nitrogen and oxygen atoms in total. The number of carbonyl (C=O) groups is 1. The minimum absolute atomic E-state index is 0.114. The maximum atomic E-state index is 13.7. The van der Waals surface area contributed by atoms with Gasteiger partial charge in [-0.25, -0.2) is 9.18 Å². The first kappa shape index (κ1) is 16.8. The van der Waals surface area contributed by atoms with Crippen molar-refractivity contribution in [3.63, 3.8) is 0 Å². The number of phenolic OH excluding ortho intramolecular Hbond substituents is 1. The molecule has 23 heavy (non-hydrogen) atoms. The third kappa shape index (κ3) is 3.63. The van der Waals surface area contributed by atoms with Gasteiger partial charge in [0.25, 0.3) is 0 Å². The van der Waals surface area contributed by atoms with E-state index in [9.17, 15) is 19.4 Å². The number of aromatic hydroxyl groups is 1. The summed E-state index contributed by atoms with van der Waals surface area (Å²) in [5.41, 5.74) is 0.570. The fourth-order valence-corrected chi connectivity index (χ4v) is 2.26. The van der Waals surface area contributed by atoms with Crippen LogP contribution in [0.25, 0.3) is 11.6 Å². The van der Waals surface area contributed by atoms with Gasteiger partial charge in [0, 0.05) is 16.7 Å². The molecule has 0 atom stereocenters. The Labute approximate surface area is 137 Å². The SMILES string of the molecule is COc1cc(Cl)cc(/C=C(\C(=O)O)c2ccc(C)c(F)c2)c1O. The van der Waals surface area contributed by atoms with E-state index in [-0.39, 0.29) is 33.2 Å². The predicted molar refractivity (Wildman–Crippen MR) is 86.3 cm³/mol. The molecular formula is C17H14ClFO4. The minimum atomic E-state index is -1.26. The Morgan fingerprint density at radius 1 is 1.30 bits per heavy atom. The number of aryl methyl sites for hydroxylation is 1. The highest BCUT2D eigenvalue weighted by Gasteiger charge is 2.15. The molecule has 0 aromatic heterocycles. The summed E-state index contributed by atoms with van der Waals surface area (Å²) in [7, 11) is 1.35. The number of carboxylic acids is 1. The highest BCUT2D eigenvalue weighted by Crippen LogP contribution is 2.35. The van der Waals surface area contributed by atoms with Crippen LogP contribution in [0.1, 0.15) is 16.7 Å².